The van der Waals surface area contributed by atoms with Crippen LogP contribution in [0.3, 0.4) is 0 Å². The van der Waals surface area contributed by atoms with Gasteiger partial charge >= 0.3 is 0 Å². The molecular weight excluding hydrogens is 220 g/mol. The van der Waals surface area contributed by atoms with Gasteiger partial charge in [-0.1, -0.05) is 39.8 Å². The number of nitrogens with zero attached hydrogens (tertiary/aromatic N) is 1. The molecule has 0 aromatic rings. The Morgan fingerprint density at radius 2 is 1.89 bits per heavy atom. The summed E-state index contributed by atoms with van der Waals surface area (Å²) < 4.78 is 0. The summed E-state index contributed by atoms with van der Waals surface area (Å²) in [6, 6.07) is 0. The highest BCUT2D eigenvalue weighted by Gasteiger charge is 2.26. The van der Waals surface area contributed by atoms with Gasteiger partial charge < -0.3 is 10.2 Å². The highest BCUT2D eigenvalue weighted by atomic mass is 15.2. The summed E-state index contributed by atoms with van der Waals surface area (Å²) in [6.45, 7) is 15.4. The maximum atomic E-state index is 4.38. The van der Waals surface area contributed by atoms with Crippen molar-refractivity contribution in [2.24, 2.45) is 11.8 Å². The predicted octanol–water partition coefficient (Wildman–Crippen LogP) is 3.77. The third kappa shape index (κ3) is 3.79. The van der Waals surface area contributed by atoms with Crippen molar-refractivity contribution in [3.63, 3.8) is 0 Å². The topological polar surface area (TPSA) is 15.3 Å². The highest BCUT2D eigenvalue weighted by Crippen LogP contribution is 2.32. The first-order valence-electron chi connectivity index (χ1n) is 7.42. The summed E-state index contributed by atoms with van der Waals surface area (Å²) in [5.41, 5.74) is 2.47. The minimum absolute atomic E-state index is 0.467. The molecule has 0 radical (unpaired) electrons. The van der Waals surface area contributed by atoms with Crippen LogP contribution >= 0.6 is 0 Å². The van der Waals surface area contributed by atoms with Crippen LogP contribution in [0, 0.1) is 11.8 Å². The summed E-state index contributed by atoms with van der Waals surface area (Å²) in [5, 5.41) is 3.21. The van der Waals surface area contributed by atoms with Crippen molar-refractivity contribution in [1.82, 2.24) is 10.2 Å². The number of hydrogen-bond acceptors (Lipinski definition) is 2. The van der Waals surface area contributed by atoms with E-state index in [1.54, 1.807) is 0 Å². The molecule has 2 heteroatoms. The molecular formula is C16H30N2. The molecule has 1 rings (SSSR count). The number of rotatable bonds is 8. The van der Waals surface area contributed by atoms with Crippen LogP contribution in [-0.4, -0.2) is 25.0 Å². The summed E-state index contributed by atoms with van der Waals surface area (Å²) in [7, 11) is 1.97. The second-order valence-corrected chi connectivity index (χ2v) is 5.50. The number of hydrogen-bond donors (Lipinski definition) is 1. The van der Waals surface area contributed by atoms with E-state index in [2.05, 4.69) is 37.2 Å². The molecule has 0 aliphatic carbocycles. The molecule has 2 unspecified atom stereocenters. The molecule has 0 aromatic carbocycles. The van der Waals surface area contributed by atoms with Gasteiger partial charge in [0.15, 0.2) is 0 Å². The van der Waals surface area contributed by atoms with Gasteiger partial charge in [-0.15, -0.1) is 0 Å². The van der Waals surface area contributed by atoms with Crippen LogP contribution in [0.15, 0.2) is 24.6 Å². The van der Waals surface area contributed by atoms with Crippen LogP contribution in [0.25, 0.3) is 0 Å². The standard InChI is InChI=1S/C16H30N2/c1-6-7-10-16(13(2)14(3)17-5)15(4)18-11-8-9-12-18/h13,16-17H,3-4,6-12H2,1-2,5H3. The third-order valence-electron chi connectivity index (χ3n) is 4.28. The third-order valence-corrected chi connectivity index (χ3v) is 4.28. The first kappa shape index (κ1) is 15.1. The van der Waals surface area contributed by atoms with E-state index in [0.29, 0.717) is 11.8 Å². The largest absolute Gasteiger partial charge is 0.392 e. The first-order valence-corrected chi connectivity index (χ1v) is 7.42. The molecule has 2 nitrogen and oxygen atoms in total. The Morgan fingerprint density at radius 1 is 1.28 bits per heavy atom. The van der Waals surface area contributed by atoms with Crippen LogP contribution in [0.1, 0.15) is 46.0 Å². The van der Waals surface area contributed by atoms with Crippen LogP contribution < -0.4 is 5.32 Å². The fraction of sp³-hybridized carbons (Fsp3) is 0.750. The Hall–Kier alpha value is -0.920. The number of unbranched alkanes of at least 4 members (excludes halogenated alkanes) is 1. The second kappa shape index (κ2) is 7.50. The van der Waals surface area contributed by atoms with Gasteiger partial charge in [0.1, 0.15) is 0 Å². The Kier molecular flexibility index (Phi) is 6.31. The van der Waals surface area contributed by atoms with Gasteiger partial charge in [0, 0.05) is 43.4 Å². The number of likely N-dealkylation sites (tertiary alicyclic amines) is 1. The number of nitrogens with one attached hydrogen (secondary N) is 1. The zero-order valence-electron chi connectivity index (χ0n) is 12.5. The first-order chi connectivity index (χ1) is 8.61. The highest BCUT2D eigenvalue weighted by molar-refractivity contribution is 5.10. The molecule has 0 aromatic heterocycles. The number of allylic oxidation sites excluding steroid dienone is 2. The lowest BCUT2D eigenvalue weighted by molar-refractivity contribution is 0.301. The fourth-order valence-corrected chi connectivity index (χ4v) is 2.84. The molecule has 1 aliphatic rings. The predicted molar refractivity (Wildman–Crippen MR) is 80.3 cm³/mol. The molecule has 1 saturated heterocycles. The van der Waals surface area contributed by atoms with E-state index >= 15 is 0 Å². The van der Waals surface area contributed by atoms with Crippen LogP contribution in [-0.2, 0) is 0 Å². The van der Waals surface area contributed by atoms with Crippen LogP contribution in [0.2, 0.25) is 0 Å². The van der Waals surface area contributed by atoms with Gasteiger partial charge in [0.05, 0.1) is 0 Å². The van der Waals surface area contributed by atoms with Crippen molar-refractivity contribution < 1.29 is 0 Å². The van der Waals surface area contributed by atoms with Gasteiger partial charge in [0.25, 0.3) is 0 Å². The van der Waals surface area contributed by atoms with Gasteiger partial charge in [-0.2, -0.15) is 0 Å². The van der Waals surface area contributed by atoms with Crippen molar-refractivity contribution in [3.05, 3.63) is 24.6 Å². The molecule has 1 N–H and O–H groups in total. The minimum atomic E-state index is 0.467. The zero-order valence-corrected chi connectivity index (χ0v) is 12.5. The lowest BCUT2D eigenvalue weighted by Crippen LogP contribution is -2.30. The molecule has 2 atom stereocenters. The molecule has 0 saturated carbocycles. The molecule has 0 bridgehead atoms. The van der Waals surface area contributed by atoms with E-state index in [0.717, 1.165) is 5.70 Å². The Balaban J connectivity index is 2.69. The zero-order chi connectivity index (χ0) is 13.5. The fourth-order valence-electron chi connectivity index (χ4n) is 2.84. The quantitative estimate of drug-likeness (QED) is 0.705. The Labute approximate surface area is 113 Å². The molecule has 1 aliphatic heterocycles. The summed E-state index contributed by atoms with van der Waals surface area (Å²) >= 11 is 0. The van der Waals surface area contributed by atoms with Gasteiger partial charge in [-0.25, -0.2) is 0 Å². The monoisotopic (exact) mass is 250 g/mol. The van der Waals surface area contributed by atoms with Gasteiger partial charge in [0.2, 0.25) is 0 Å². The van der Waals surface area contributed by atoms with Crippen LogP contribution in [0.5, 0.6) is 0 Å². The molecule has 0 spiro atoms. The van der Waals surface area contributed by atoms with Crippen LogP contribution in [0.4, 0.5) is 0 Å². The second-order valence-electron chi connectivity index (χ2n) is 5.50. The Bertz CT molecular complexity index is 277. The molecule has 104 valence electrons. The molecule has 1 fully saturated rings. The maximum Gasteiger partial charge on any atom is 0.0175 e. The average Bonchev–Trinajstić information content (AvgIpc) is 2.91. The average molecular weight is 250 g/mol. The Morgan fingerprint density at radius 3 is 2.39 bits per heavy atom. The van der Waals surface area contributed by atoms with Crippen molar-refractivity contribution in [2.75, 3.05) is 20.1 Å². The van der Waals surface area contributed by atoms with E-state index in [4.69, 9.17) is 0 Å². The minimum Gasteiger partial charge on any atom is -0.392 e. The van der Waals surface area contributed by atoms with E-state index in [9.17, 15) is 0 Å². The maximum absolute atomic E-state index is 4.38. The lowest BCUT2D eigenvalue weighted by atomic mass is 9.84. The summed E-state index contributed by atoms with van der Waals surface area (Å²) in [5.74, 6) is 1.01. The van der Waals surface area contributed by atoms with Crippen molar-refractivity contribution in [3.8, 4) is 0 Å². The van der Waals surface area contributed by atoms with E-state index in [1.807, 2.05) is 7.05 Å². The van der Waals surface area contributed by atoms with E-state index in [1.165, 1.54) is 50.9 Å². The SMILES string of the molecule is C=C(NC)C(C)C(CCCC)C(=C)N1CCCC1. The van der Waals surface area contributed by atoms with E-state index < -0.39 is 0 Å². The smallest absolute Gasteiger partial charge is 0.0175 e. The molecule has 18 heavy (non-hydrogen) atoms. The molecule has 1 heterocycles. The normalized spacial score (nSPS) is 18.5. The van der Waals surface area contributed by atoms with Crippen molar-refractivity contribution >= 4 is 0 Å². The van der Waals surface area contributed by atoms with Crippen molar-refractivity contribution in [1.29, 1.82) is 0 Å². The lowest BCUT2D eigenvalue weighted by Gasteiger charge is -2.33. The van der Waals surface area contributed by atoms with Crippen molar-refractivity contribution in [2.45, 2.75) is 46.0 Å². The summed E-state index contributed by atoms with van der Waals surface area (Å²) in [6.07, 6.45) is 6.40. The van der Waals surface area contributed by atoms with E-state index in [-0.39, 0.29) is 0 Å². The molecule has 0 amide bonds. The van der Waals surface area contributed by atoms with Gasteiger partial charge in [-0.3, -0.25) is 0 Å². The summed E-state index contributed by atoms with van der Waals surface area (Å²) in [4.78, 5) is 2.49. The van der Waals surface area contributed by atoms with Gasteiger partial charge in [-0.05, 0) is 19.3 Å².